The summed E-state index contributed by atoms with van der Waals surface area (Å²) in [6.45, 7) is 11.0. The fourth-order valence-corrected chi connectivity index (χ4v) is 6.06. The van der Waals surface area contributed by atoms with E-state index in [4.69, 9.17) is 18.9 Å². The van der Waals surface area contributed by atoms with Gasteiger partial charge < -0.3 is 18.9 Å². The average molecular weight is 584 g/mol. The van der Waals surface area contributed by atoms with E-state index in [-0.39, 0.29) is 18.0 Å². The molecular formula is C30H37N3O7S. The number of hydrogen-bond acceptors (Lipinski definition) is 9. The van der Waals surface area contributed by atoms with Crippen LogP contribution in [-0.4, -0.2) is 47.1 Å². The van der Waals surface area contributed by atoms with Crippen LogP contribution in [-0.2, 0) is 31.1 Å². The maximum Gasteiger partial charge on any atom is 0.333 e. The fourth-order valence-electron chi connectivity index (χ4n) is 4.96. The molecule has 220 valence electrons. The third kappa shape index (κ3) is 6.10. The van der Waals surface area contributed by atoms with Gasteiger partial charge in [-0.15, -0.1) is 11.3 Å². The topological polar surface area (TPSA) is 122 Å². The van der Waals surface area contributed by atoms with Crippen LogP contribution in [0.25, 0.3) is 10.2 Å². The molecule has 0 saturated carbocycles. The van der Waals surface area contributed by atoms with E-state index in [2.05, 4.69) is 6.07 Å². The molecule has 0 aliphatic carbocycles. The fraction of sp³-hybridized carbons (Fsp3) is 0.533. The Balaban J connectivity index is 1.96. The molecule has 3 heterocycles. The number of nitrogens with zero attached hydrogens (tertiary/aromatic N) is 3. The molecule has 0 amide bonds. The standard InChI is InChI=1S/C30H37N3O7S/c1-18-23(16-31)41-26-24(18)25(34)33(30(5,6)27(35)40-29(2,3)4)28(36)32(26)17-22(39-19-12-14-38-15-13-19)20-10-8-9-11-21(20)37-7/h8-11,19,22H,12-15,17H2,1-7H3/t22-/m0/s1. The summed E-state index contributed by atoms with van der Waals surface area (Å²) < 4.78 is 25.7. The van der Waals surface area contributed by atoms with Crippen LogP contribution < -0.4 is 16.0 Å². The van der Waals surface area contributed by atoms with E-state index in [9.17, 15) is 19.6 Å². The van der Waals surface area contributed by atoms with Crippen LogP contribution >= 0.6 is 11.3 Å². The second-order valence-electron chi connectivity index (χ2n) is 11.6. The van der Waals surface area contributed by atoms with Crippen molar-refractivity contribution in [3.05, 3.63) is 61.1 Å². The van der Waals surface area contributed by atoms with Gasteiger partial charge in [0, 0.05) is 18.8 Å². The SMILES string of the molecule is COc1ccccc1[C@H](Cn1c(=O)n(C(C)(C)C(=O)OC(C)(C)C)c(=O)c2c(C)c(C#N)sc21)OC1CCOCC1. The largest absolute Gasteiger partial charge is 0.496 e. The maximum absolute atomic E-state index is 14.3. The third-order valence-electron chi connectivity index (χ3n) is 7.13. The van der Waals surface area contributed by atoms with Crippen LogP contribution in [0, 0.1) is 18.3 Å². The molecule has 1 fully saturated rings. The second-order valence-corrected chi connectivity index (χ2v) is 12.6. The molecule has 11 heteroatoms. The van der Waals surface area contributed by atoms with E-state index in [1.807, 2.05) is 24.3 Å². The summed E-state index contributed by atoms with van der Waals surface area (Å²) in [4.78, 5) is 42.2. The summed E-state index contributed by atoms with van der Waals surface area (Å²) in [6.07, 6.45) is 0.628. The van der Waals surface area contributed by atoms with E-state index < -0.39 is 34.5 Å². The van der Waals surface area contributed by atoms with E-state index >= 15 is 0 Å². The Morgan fingerprint density at radius 3 is 2.44 bits per heavy atom. The summed E-state index contributed by atoms with van der Waals surface area (Å²) >= 11 is 1.08. The van der Waals surface area contributed by atoms with E-state index in [0.29, 0.717) is 47.1 Å². The molecule has 0 unspecified atom stereocenters. The molecule has 0 spiro atoms. The minimum absolute atomic E-state index is 0.0164. The highest BCUT2D eigenvalue weighted by Crippen LogP contribution is 2.34. The van der Waals surface area contributed by atoms with Gasteiger partial charge in [-0.3, -0.25) is 9.36 Å². The van der Waals surface area contributed by atoms with Crippen LogP contribution in [0.2, 0.25) is 0 Å². The monoisotopic (exact) mass is 583 g/mol. The first-order valence-corrected chi connectivity index (χ1v) is 14.4. The number of ether oxygens (including phenoxy) is 4. The van der Waals surface area contributed by atoms with Crippen molar-refractivity contribution in [1.82, 2.24) is 9.13 Å². The van der Waals surface area contributed by atoms with Crippen LogP contribution in [0.3, 0.4) is 0 Å². The van der Waals surface area contributed by atoms with Crippen molar-refractivity contribution in [2.45, 2.75) is 84.3 Å². The van der Waals surface area contributed by atoms with Gasteiger partial charge in [0.2, 0.25) is 0 Å². The number of hydrogen-bond donors (Lipinski definition) is 0. The Bertz CT molecular complexity index is 1600. The van der Waals surface area contributed by atoms with Gasteiger partial charge in [-0.2, -0.15) is 5.26 Å². The number of aryl methyl sites for hydroxylation is 1. The molecule has 4 rings (SSSR count). The Morgan fingerprint density at radius 2 is 1.83 bits per heavy atom. The van der Waals surface area contributed by atoms with Gasteiger partial charge in [-0.1, -0.05) is 18.2 Å². The molecule has 1 aliphatic rings. The number of esters is 1. The molecule has 1 atom stereocenters. The molecule has 2 aromatic heterocycles. The van der Waals surface area contributed by atoms with Crippen molar-refractivity contribution in [3.8, 4) is 11.8 Å². The zero-order valence-corrected chi connectivity index (χ0v) is 25.4. The minimum Gasteiger partial charge on any atom is -0.496 e. The highest BCUT2D eigenvalue weighted by Gasteiger charge is 2.39. The van der Waals surface area contributed by atoms with E-state index in [1.165, 1.54) is 18.4 Å². The van der Waals surface area contributed by atoms with Crippen LogP contribution in [0.5, 0.6) is 5.75 Å². The molecule has 1 aromatic carbocycles. The van der Waals surface area contributed by atoms with Gasteiger partial charge in [0.05, 0.1) is 25.1 Å². The van der Waals surface area contributed by atoms with Crippen molar-refractivity contribution < 1.29 is 23.7 Å². The number of rotatable bonds is 8. The lowest BCUT2D eigenvalue weighted by Gasteiger charge is -2.31. The van der Waals surface area contributed by atoms with Crippen LogP contribution in [0.1, 0.15) is 69.6 Å². The lowest BCUT2D eigenvalue weighted by Crippen LogP contribution is -2.54. The Labute approximate surface area is 243 Å². The maximum atomic E-state index is 14.3. The lowest BCUT2D eigenvalue weighted by atomic mass is 10.0. The number of carbonyl (C=O) groups excluding carboxylic acids is 1. The van der Waals surface area contributed by atoms with Crippen molar-refractivity contribution >= 4 is 27.5 Å². The quantitative estimate of drug-likeness (QED) is 0.357. The first kappa shape index (κ1) is 30.5. The summed E-state index contributed by atoms with van der Waals surface area (Å²) in [5.74, 6) is -0.125. The zero-order chi connectivity index (χ0) is 30.1. The highest BCUT2D eigenvalue weighted by molar-refractivity contribution is 7.19. The summed E-state index contributed by atoms with van der Waals surface area (Å²) in [7, 11) is 1.57. The second kappa shape index (κ2) is 11.8. The number of fused-ring (bicyclic) bond motifs is 1. The molecule has 41 heavy (non-hydrogen) atoms. The zero-order valence-electron chi connectivity index (χ0n) is 24.6. The van der Waals surface area contributed by atoms with Crippen LogP contribution in [0.15, 0.2) is 33.9 Å². The predicted octanol–water partition coefficient (Wildman–Crippen LogP) is 4.43. The summed E-state index contributed by atoms with van der Waals surface area (Å²) in [5.41, 5.74) is -2.62. The molecule has 1 aliphatic heterocycles. The van der Waals surface area contributed by atoms with Crippen molar-refractivity contribution in [1.29, 1.82) is 5.26 Å². The smallest absolute Gasteiger partial charge is 0.333 e. The van der Waals surface area contributed by atoms with E-state index in [1.54, 1.807) is 34.8 Å². The molecular weight excluding hydrogens is 546 g/mol. The molecule has 3 aromatic rings. The first-order chi connectivity index (χ1) is 19.3. The number of aromatic nitrogens is 2. The normalized spacial score (nSPS) is 15.5. The Morgan fingerprint density at radius 1 is 1.17 bits per heavy atom. The number of thiophene rings is 1. The van der Waals surface area contributed by atoms with Gasteiger partial charge in [0.25, 0.3) is 5.56 Å². The molecule has 0 N–H and O–H groups in total. The lowest BCUT2D eigenvalue weighted by molar-refractivity contribution is -0.164. The van der Waals surface area contributed by atoms with Crippen molar-refractivity contribution in [2.75, 3.05) is 20.3 Å². The average Bonchev–Trinajstić information content (AvgIpc) is 3.26. The molecule has 1 saturated heterocycles. The number of carbonyl (C=O) groups is 1. The number of methoxy groups -OCH3 is 1. The third-order valence-corrected chi connectivity index (χ3v) is 8.35. The van der Waals surface area contributed by atoms with Crippen molar-refractivity contribution in [2.24, 2.45) is 0 Å². The minimum atomic E-state index is -1.64. The van der Waals surface area contributed by atoms with Gasteiger partial charge in [-0.05, 0) is 66.0 Å². The van der Waals surface area contributed by atoms with E-state index in [0.717, 1.165) is 21.5 Å². The number of para-hydroxylation sites is 1. The number of nitriles is 1. The Kier molecular flexibility index (Phi) is 8.78. The molecule has 0 radical (unpaired) electrons. The summed E-state index contributed by atoms with van der Waals surface area (Å²) in [5, 5.41) is 10.0. The van der Waals surface area contributed by atoms with Crippen LogP contribution in [0.4, 0.5) is 0 Å². The van der Waals surface area contributed by atoms with Crippen molar-refractivity contribution in [3.63, 3.8) is 0 Å². The molecule has 10 nitrogen and oxygen atoms in total. The van der Waals surface area contributed by atoms with Gasteiger partial charge in [0.1, 0.15) is 38.8 Å². The predicted molar refractivity (Wildman–Crippen MR) is 156 cm³/mol. The number of benzene rings is 1. The summed E-state index contributed by atoms with van der Waals surface area (Å²) in [6, 6.07) is 9.56. The van der Waals surface area contributed by atoms with Gasteiger partial charge >= 0.3 is 11.7 Å². The first-order valence-electron chi connectivity index (χ1n) is 13.6. The molecule has 0 bridgehead atoms. The highest BCUT2D eigenvalue weighted by atomic mass is 32.1. The van der Waals surface area contributed by atoms with Gasteiger partial charge in [0.15, 0.2) is 0 Å². The Hall–Kier alpha value is -3.46. The van der Waals surface area contributed by atoms with Gasteiger partial charge in [-0.25, -0.2) is 14.2 Å².